The van der Waals surface area contributed by atoms with Gasteiger partial charge < -0.3 is 10.1 Å². The van der Waals surface area contributed by atoms with E-state index in [2.05, 4.69) is 16.1 Å². The molecule has 2 rings (SSSR count). The molecule has 2 aromatic rings. The molecule has 0 saturated heterocycles. The van der Waals surface area contributed by atoms with E-state index in [9.17, 15) is 4.79 Å². The topological polar surface area (TPSA) is 62.1 Å². The van der Waals surface area contributed by atoms with Gasteiger partial charge in [0.05, 0.1) is 13.2 Å². The average Bonchev–Trinajstić information content (AvgIpc) is 2.44. The van der Waals surface area contributed by atoms with Gasteiger partial charge in [0, 0.05) is 0 Å². The highest BCUT2D eigenvalue weighted by atomic mass is 16.5. The number of ether oxygens (including phenoxy) is 1. The van der Waals surface area contributed by atoms with Gasteiger partial charge in [-0.15, -0.1) is 0 Å². The Morgan fingerprint density at radius 1 is 1.28 bits per heavy atom. The zero-order chi connectivity index (χ0) is 13.0. The van der Waals surface area contributed by atoms with Crippen LogP contribution in [0.25, 0.3) is 10.8 Å². The lowest BCUT2D eigenvalue weighted by Crippen LogP contribution is -2.27. The van der Waals surface area contributed by atoms with Crippen molar-refractivity contribution in [1.29, 1.82) is 5.26 Å². The van der Waals surface area contributed by atoms with Crippen molar-refractivity contribution in [2.24, 2.45) is 0 Å². The van der Waals surface area contributed by atoms with E-state index in [1.807, 2.05) is 42.5 Å². The van der Waals surface area contributed by atoms with E-state index >= 15 is 0 Å². The van der Waals surface area contributed by atoms with Gasteiger partial charge in [-0.25, -0.2) is 4.79 Å². The van der Waals surface area contributed by atoms with Crippen LogP contribution in [0.5, 0.6) is 0 Å². The largest absolute Gasteiger partial charge is 0.453 e. The number of methoxy groups -OCH3 is 1. The number of alkyl carbamates (subject to hydrolysis) is 1. The number of hydrogen-bond acceptors (Lipinski definition) is 3. The van der Waals surface area contributed by atoms with Gasteiger partial charge in [0.2, 0.25) is 0 Å². The lowest BCUT2D eigenvalue weighted by atomic mass is 9.99. The second-order valence-electron chi connectivity index (χ2n) is 3.77. The van der Waals surface area contributed by atoms with Crippen molar-refractivity contribution >= 4 is 16.9 Å². The minimum Gasteiger partial charge on any atom is -0.453 e. The number of nitrogens with zero attached hydrogens (tertiary/aromatic N) is 1. The molecule has 0 heterocycles. The summed E-state index contributed by atoms with van der Waals surface area (Å²) in [7, 11) is 1.27. The second kappa shape index (κ2) is 5.19. The molecule has 0 saturated carbocycles. The number of carbonyl (C=O) groups excluding carboxylic acids is 1. The molecule has 0 aliphatic heterocycles. The summed E-state index contributed by atoms with van der Waals surface area (Å²) >= 11 is 0. The Balaban J connectivity index is 2.46. The minimum atomic E-state index is -0.719. The Bertz CT molecular complexity index is 611. The summed E-state index contributed by atoms with van der Waals surface area (Å²) in [6.45, 7) is 0. The quantitative estimate of drug-likeness (QED) is 0.877. The van der Waals surface area contributed by atoms with Crippen molar-refractivity contribution in [3.8, 4) is 6.07 Å². The van der Waals surface area contributed by atoms with E-state index in [0.29, 0.717) is 0 Å². The number of fused-ring (bicyclic) bond motifs is 1. The van der Waals surface area contributed by atoms with E-state index in [1.54, 1.807) is 0 Å². The van der Waals surface area contributed by atoms with Crippen LogP contribution < -0.4 is 5.32 Å². The normalized spacial score (nSPS) is 11.6. The zero-order valence-electron chi connectivity index (χ0n) is 9.88. The fourth-order valence-electron chi connectivity index (χ4n) is 1.86. The number of amides is 1. The first kappa shape index (κ1) is 11.9. The van der Waals surface area contributed by atoms with Crippen molar-refractivity contribution in [3.05, 3.63) is 48.0 Å². The van der Waals surface area contributed by atoms with Gasteiger partial charge in [0.25, 0.3) is 0 Å². The number of hydrogen-bond donors (Lipinski definition) is 1. The molecule has 0 aliphatic carbocycles. The summed E-state index contributed by atoms with van der Waals surface area (Å²) in [6, 6.07) is 14.7. The third-order valence-electron chi connectivity index (χ3n) is 2.71. The van der Waals surface area contributed by atoms with Crippen molar-refractivity contribution in [2.45, 2.75) is 6.04 Å². The maximum absolute atomic E-state index is 11.2. The first-order valence-electron chi connectivity index (χ1n) is 5.48. The van der Waals surface area contributed by atoms with Crippen molar-refractivity contribution < 1.29 is 9.53 Å². The van der Waals surface area contributed by atoms with E-state index in [1.165, 1.54) is 7.11 Å². The van der Waals surface area contributed by atoms with Crippen LogP contribution in [0.1, 0.15) is 11.6 Å². The molecule has 1 N–H and O–H groups in total. The average molecular weight is 240 g/mol. The standard InChI is InChI=1S/C14H12N2O2/c1-18-14(17)16-13(9-15)12-8-4-6-10-5-2-3-7-11(10)12/h2-8,13H,1H3,(H,16,17). The number of nitriles is 1. The molecule has 0 radical (unpaired) electrons. The number of nitrogens with one attached hydrogen (secondary N) is 1. The van der Waals surface area contributed by atoms with Crippen molar-refractivity contribution in [3.63, 3.8) is 0 Å². The molecule has 0 aliphatic rings. The molecule has 18 heavy (non-hydrogen) atoms. The van der Waals surface area contributed by atoms with E-state index in [0.717, 1.165) is 16.3 Å². The highest BCUT2D eigenvalue weighted by Gasteiger charge is 2.16. The Hall–Kier alpha value is -2.54. The van der Waals surface area contributed by atoms with Crippen LogP contribution in [0, 0.1) is 11.3 Å². The van der Waals surface area contributed by atoms with Crippen molar-refractivity contribution in [1.82, 2.24) is 5.32 Å². The molecular weight excluding hydrogens is 228 g/mol. The SMILES string of the molecule is COC(=O)NC(C#N)c1cccc2ccccc12. The van der Waals surface area contributed by atoms with E-state index in [-0.39, 0.29) is 0 Å². The van der Waals surface area contributed by atoms with Gasteiger partial charge in [-0.3, -0.25) is 0 Å². The van der Waals surface area contributed by atoms with Gasteiger partial charge in [-0.1, -0.05) is 42.5 Å². The Kier molecular flexibility index (Phi) is 3.44. The van der Waals surface area contributed by atoms with Gasteiger partial charge in [-0.2, -0.15) is 5.26 Å². The van der Waals surface area contributed by atoms with Crippen molar-refractivity contribution in [2.75, 3.05) is 7.11 Å². The van der Waals surface area contributed by atoms with Gasteiger partial charge >= 0.3 is 6.09 Å². The Morgan fingerprint density at radius 3 is 2.72 bits per heavy atom. The first-order valence-corrected chi connectivity index (χ1v) is 5.48. The summed E-state index contributed by atoms with van der Waals surface area (Å²) in [4.78, 5) is 11.2. The molecule has 1 amide bonds. The predicted molar refractivity (Wildman–Crippen MR) is 67.8 cm³/mol. The molecule has 1 atom stereocenters. The van der Waals surface area contributed by atoms with Gasteiger partial charge in [0.1, 0.15) is 6.04 Å². The number of rotatable bonds is 2. The van der Waals surface area contributed by atoms with Crippen LogP contribution in [0.2, 0.25) is 0 Å². The smallest absolute Gasteiger partial charge is 0.408 e. The fourth-order valence-corrected chi connectivity index (χ4v) is 1.86. The zero-order valence-corrected chi connectivity index (χ0v) is 9.88. The molecular formula is C14H12N2O2. The highest BCUT2D eigenvalue weighted by molar-refractivity contribution is 5.86. The number of carbonyl (C=O) groups is 1. The van der Waals surface area contributed by atoms with E-state index < -0.39 is 12.1 Å². The minimum absolute atomic E-state index is 0.616. The molecule has 90 valence electrons. The summed E-state index contributed by atoms with van der Waals surface area (Å²) < 4.78 is 4.51. The molecule has 2 aromatic carbocycles. The van der Waals surface area contributed by atoms with Crippen LogP contribution >= 0.6 is 0 Å². The Morgan fingerprint density at radius 2 is 2.00 bits per heavy atom. The lowest BCUT2D eigenvalue weighted by Gasteiger charge is -2.13. The molecule has 0 fully saturated rings. The number of benzene rings is 2. The third kappa shape index (κ3) is 2.25. The Labute approximate surface area is 105 Å². The van der Waals surface area contributed by atoms with Crippen LogP contribution in [-0.4, -0.2) is 13.2 Å². The molecule has 4 heteroatoms. The predicted octanol–water partition coefficient (Wildman–Crippen LogP) is 2.76. The molecule has 0 aromatic heterocycles. The van der Waals surface area contributed by atoms with Gasteiger partial charge in [-0.05, 0) is 16.3 Å². The summed E-state index contributed by atoms with van der Waals surface area (Å²) in [5.74, 6) is 0. The van der Waals surface area contributed by atoms with Gasteiger partial charge in [0.15, 0.2) is 0 Å². The third-order valence-corrected chi connectivity index (χ3v) is 2.71. The highest BCUT2D eigenvalue weighted by Crippen LogP contribution is 2.23. The molecule has 0 spiro atoms. The van der Waals surface area contributed by atoms with Crippen LogP contribution in [0.4, 0.5) is 4.79 Å². The maximum atomic E-state index is 11.2. The fraction of sp³-hybridized carbons (Fsp3) is 0.143. The second-order valence-corrected chi connectivity index (χ2v) is 3.77. The van der Waals surface area contributed by atoms with E-state index in [4.69, 9.17) is 5.26 Å². The molecule has 1 unspecified atom stereocenters. The summed E-state index contributed by atoms with van der Waals surface area (Å²) in [5, 5.41) is 13.6. The first-order chi connectivity index (χ1) is 8.76. The van der Waals surface area contributed by atoms with Crippen LogP contribution in [-0.2, 0) is 4.74 Å². The lowest BCUT2D eigenvalue weighted by molar-refractivity contribution is 0.169. The van der Waals surface area contributed by atoms with Crippen LogP contribution in [0.15, 0.2) is 42.5 Å². The maximum Gasteiger partial charge on any atom is 0.408 e. The summed E-state index contributed by atoms with van der Waals surface area (Å²) in [6.07, 6.45) is -0.616. The monoisotopic (exact) mass is 240 g/mol. The summed E-state index contributed by atoms with van der Waals surface area (Å²) in [5.41, 5.74) is 0.765. The molecule has 4 nitrogen and oxygen atoms in total. The van der Waals surface area contributed by atoms with Crippen LogP contribution in [0.3, 0.4) is 0 Å². The molecule has 0 bridgehead atoms.